The molecule has 1 aromatic carbocycles. The lowest BCUT2D eigenvalue weighted by atomic mass is 10.2. The van der Waals surface area contributed by atoms with Crippen LogP contribution >= 0.6 is 24.0 Å². The van der Waals surface area contributed by atoms with E-state index in [1.165, 1.54) is 7.11 Å². The van der Waals surface area contributed by atoms with Gasteiger partial charge in [-0.05, 0) is 18.2 Å². The second kappa shape index (κ2) is 5.73. The van der Waals surface area contributed by atoms with Gasteiger partial charge in [0.15, 0.2) is 0 Å². The Morgan fingerprint density at radius 2 is 2.14 bits per heavy atom. The molecule has 78 valence electrons. The summed E-state index contributed by atoms with van der Waals surface area (Å²) in [5.41, 5.74) is 1.20. The van der Waals surface area contributed by atoms with Crippen molar-refractivity contribution in [2.75, 3.05) is 19.5 Å². The molecule has 3 nitrogen and oxygen atoms in total. The summed E-state index contributed by atoms with van der Waals surface area (Å²) in [6, 6.07) is 5.09. The van der Waals surface area contributed by atoms with Crippen LogP contribution in [0.5, 0.6) is 0 Å². The molecule has 1 aromatic rings. The lowest BCUT2D eigenvalue weighted by Gasteiger charge is -2.04. The Morgan fingerprint density at radius 1 is 1.50 bits per heavy atom. The van der Waals surface area contributed by atoms with Gasteiger partial charge in [0.2, 0.25) is 0 Å². The van der Waals surface area contributed by atoms with Crippen molar-refractivity contribution in [1.82, 2.24) is 0 Å². The highest BCUT2D eigenvalue weighted by Crippen LogP contribution is 2.20. The van der Waals surface area contributed by atoms with Crippen molar-refractivity contribution in [3.05, 3.63) is 28.8 Å². The number of nitrogens with one attached hydrogen (secondary N) is 1. The van der Waals surface area contributed by atoms with Gasteiger partial charge in [0.1, 0.15) is 0 Å². The van der Waals surface area contributed by atoms with E-state index in [0.29, 0.717) is 10.6 Å². The molecule has 0 unspecified atom stereocenters. The highest BCUT2D eigenvalue weighted by molar-refractivity contribution is 6.33. The third kappa shape index (κ3) is 2.79. The number of carbonyl (C=O) groups excluding carboxylic acids is 1. The van der Waals surface area contributed by atoms with Crippen LogP contribution in [0.15, 0.2) is 18.2 Å². The van der Waals surface area contributed by atoms with Crippen LogP contribution in [-0.4, -0.2) is 20.1 Å². The van der Waals surface area contributed by atoms with Crippen molar-refractivity contribution in [1.29, 1.82) is 0 Å². The molecule has 5 heteroatoms. The third-order valence-corrected chi connectivity index (χ3v) is 1.99. The highest BCUT2D eigenvalue weighted by Gasteiger charge is 2.10. The molecule has 0 saturated heterocycles. The summed E-state index contributed by atoms with van der Waals surface area (Å²) in [6.07, 6.45) is 0. The van der Waals surface area contributed by atoms with E-state index in [4.69, 9.17) is 11.6 Å². The Labute approximate surface area is 93.8 Å². The zero-order valence-electron chi connectivity index (χ0n) is 7.83. The summed E-state index contributed by atoms with van der Waals surface area (Å²) in [5.74, 6) is -0.429. The molecule has 1 N–H and O–H groups in total. The molecule has 1 rings (SSSR count). The second-order valence-electron chi connectivity index (χ2n) is 2.44. The predicted octanol–water partition coefficient (Wildman–Crippen LogP) is 2.59. The maximum absolute atomic E-state index is 11.2. The van der Waals surface area contributed by atoms with Crippen molar-refractivity contribution in [3.8, 4) is 0 Å². The Hall–Kier alpha value is -0.930. The third-order valence-electron chi connectivity index (χ3n) is 1.66. The van der Waals surface area contributed by atoms with Crippen molar-refractivity contribution < 1.29 is 9.53 Å². The van der Waals surface area contributed by atoms with Crippen LogP contribution in [0.3, 0.4) is 0 Å². The zero-order valence-corrected chi connectivity index (χ0v) is 9.41. The molecule has 0 radical (unpaired) electrons. The molecular weight excluding hydrogens is 225 g/mol. The first-order valence-corrected chi connectivity index (χ1v) is 4.12. The van der Waals surface area contributed by atoms with Crippen LogP contribution < -0.4 is 5.32 Å². The van der Waals surface area contributed by atoms with E-state index in [-0.39, 0.29) is 12.4 Å². The van der Waals surface area contributed by atoms with E-state index in [0.717, 1.165) is 5.69 Å². The van der Waals surface area contributed by atoms with Gasteiger partial charge in [-0.2, -0.15) is 0 Å². The summed E-state index contributed by atoms with van der Waals surface area (Å²) >= 11 is 5.80. The lowest BCUT2D eigenvalue weighted by Crippen LogP contribution is -2.02. The molecule has 0 aliphatic rings. The van der Waals surface area contributed by atoms with Crippen LogP contribution in [0.25, 0.3) is 0 Å². The highest BCUT2D eigenvalue weighted by atomic mass is 35.5. The minimum atomic E-state index is -0.429. The molecular formula is C9H11Cl2NO2. The van der Waals surface area contributed by atoms with Gasteiger partial charge in [-0.25, -0.2) is 4.79 Å². The number of carbonyl (C=O) groups is 1. The van der Waals surface area contributed by atoms with Crippen molar-refractivity contribution in [3.63, 3.8) is 0 Å². The standard InChI is InChI=1S/C9H10ClNO2.ClH/c1-11-6-3-4-8(10)7(5-6)9(12)13-2;/h3-5,11H,1-2H3;1H. The van der Waals surface area contributed by atoms with Crippen LogP contribution in [0.4, 0.5) is 5.69 Å². The normalized spacial score (nSPS) is 8.79. The number of esters is 1. The Kier molecular flexibility index (Phi) is 5.35. The fourth-order valence-corrected chi connectivity index (χ4v) is 1.14. The van der Waals surface area contributed by atoms with E-state index in [1.54, 1.807) is 25.2 Å². The molecule has 0 aromatic heterocycles. The summed E-state index contributed by atoms with van der Waals surface area (Å²) in [7, 11) is 3.09. The molecule has 0 spiro atoms. The van der Waals surface area contributed by atoms with E-state index in [1.807, 2.05) is 0 Å². The van der Waals surface area contributed by atoms with Gasteiger partial charge in [0, 0.05) is 12.7 Å². The van der Waals surface area contributed by atoms with Gasteiger partial charge in [0.25, 0.3) is 0 Å². The summed E-state index contributed by atoms with van der Waals surface area (Å²) in [4.78, 5) is 11.2. The van der Waals surface area contributed by atoms with Gasteiger partial charge < -0.3 is 10.1 Å². The number of rotatable bonds is 2. The van der Waals surface area contributed by atoms with Gasteiger partial charge in [-0.1, -0.05) is 11.6 Å². The molecule has 0 bridgehead atoms. The van der Waals surface area contributed by atoms with Gasteiger partial charge in [0.05, 0.1) is 17.7 Å². The van der Waals surface area contributed by atoms with Crippen LogP contribution in [0.2, 0.25) is 5.02 Å². The average molecular weight is 236 g/mol. The molecule has 0 aliphatic carbocycles. The molecule has 0 amide bonds. The quantitative estimate of drug-likeness (QED) is 0.802. The topological polar surface area (TPSA) is 38.3 Å². The molecule has 0 fully saturated rings. The molecule has 0 heterocycles. The fourth-order valence-electron chi connectivity index (χ4n) is 0.947. The first kappa shape index (κ1) is 13.1. The number of hydrogen-bond donors (Lipinski definition) is 1. The van der Waals surface area contributed by atoms with Crippen LogP contribution in [0.1, 0.15) is 10.4 Å². The summed E-state index contributed by atoms with van der Waals surface area (Å²) in [5, 5.41) is 3.30. The summed E-state index contributed by atoms with van der Waals surface area (Å²) in [6.45, 7) is 0. The predicted molar refractivity (Wildman–Crippen MR) is 59.6 cm³/mol. The number of halogens is 2. The zero-order chi connectivity index (χ0) is 9.84. The second-order valence-corrected chi connectivity index (χ2v) is 2.84. The monoisotopic (exact) mass is 235 g/mol. The first-order chi connectivity index (χ1) is 6.19. The minimum Gasteiger partial charge on any atom is -0.465 e. The van der Waals surface area contributed by atoms with Gasteiger partial charge in [-0.3, -0.25) is 0 Å². The number of hydrogen-bond acceptors (Lipinski definition) is 3. The molecule has 0 saturated carbocycles. The molecule has 0 atom stereocenters. The largest absolute Gasteiger partial charge is 0.465 e. The Balaban J connectivity index is 0.00000169. The molecule has 0 aliphatic heterocycles. The van der Waals surface area contributed by atoms with Crippen LogP contribution in [0, 0.1) is 0 Å². The first-order valence-electron chi connectivity index (χ1n) is 3.74. The maximum atomic E-state index is 11.2. The van der Waals surface area contributed by atoms with Crippen LogP contribution in [-0.2, 0) is 4.74 Å². The lowest BCUT2D eigenvalue weighted by molar-refractivity contribution is 0.0601. The SMILES string of the molecule is CNc1ccc(Cl)c(C(=O)OC)c1.Cl. The minimum absolute atomic E-state index is 0. The maximum Gasteiger partial charge on any atom is 0.339 e. The number of anilines is 1. The Bertz CT molecular complexity index is 329. The van der Waals surface area contributed by atoms with E-state index >= 15 is 0 Å². The van der Waals surface area contributed by atoms with E-state index in [9.17, 15) is 4.79 Å². The fraction of sp³-hybridized carbons (Fsp3) is 0.222. The number of ether oxygens (including phenoxy) is 1. The van der Waals surface area contributed by atoms with E-state index in [2.05, 4.69) is 10.1 Å². The summed E-state index contributed by atoms with van der Waals surface area (Å²) < 4.78 is 4.57. The van der Waals surface area contributed by atoms with Crippen molar-refractivity contribution in [2.45, 2.75) is 0 Å². The number of benzene rings is 1. The smallest absolute Gasteiger partial charge is 0.339 e. The Morgan fingerprint density at radius 3 is 2.64 bits per heavy atom. The number of methoxy groups -OCH3 is 1. The van der Waals surface area contributed by atoms with Gasteiger partial charge >= 0.3 is 5.97 Å². The average Bonchev–Trinajstić information content (AvgIpc) is 2.17. The van der Waals surface area contributed by atoms with E-state index < -0.39 is 5.97 Å². The van der Waals surface area contributed by atoms with Crippen molar-refractivity contribution >= 4 is 35.7 Å². The molecule has 14 heavy (non-hydrogen) atoms. The van der Waals surface area contributed by atoms with Gasteiger partial charge in [-0.15, -0.1) is 12.4 Å². The van der Waals surface area contributed by atoms with Crippen molar-refractivity contribution in [2.24, 2.45) is 0 Å².